The number of benzene rings is 1. The van der Waals surface area contributed by atoms with E-state index in [1.54, 1.807) is 6.07 Å². The first-order chi connectivity index (χ1) is 9.15. The van der Waals surface area contributed by atoms with E-state index in [1.165, 1.54) is 25.0 Å². The fraction of sp³-hybridized carbons (Fsp3) is 0.533. The highest BCUT2D eigenvalue weighted by molar-refractivity contribution is 5.81. The largest absolute Gasteiger partial charge is 0.352 e. The molecule has 0 radical (unpaired) electrons. The maximum absolute atomic E-state index is 13.0. The molecule has 1 aliphatic rings. The summed E-state index contributed by atoms with van der Waals surface area (Å²) in [7, 11) is 0. The fourth-order valence-corrected chi connectivity index (χ4v) is 2.41. The molecule has 1 fully saturated rings. The zero-order valence-corrected chi connectivity index (χ0v) is 11.3. The standard InChI is InChI=1S/C15H21FN2O/c1-11(15(19)18-14-7-2-3-8-14)17-10-12-5-4-6-13(16)9-12/h4-6,9,11,14,17H,2-3,7-8,10H2,1H3,(H,18,19). The van der Waals surface area contributed by atoms with E-state index >= 15 is 0 Å². The highest BCUT2D eigenvalue weighted by Gasteiger charge is 2.20. The van der Waals surface area contributed by atoms with Crippen LogP contribution in [0.1, 0.15) is 38.2 Å². The van der Waals surface area contributed by atoms with Gasteiger partial charge in [0, 0.05) is 12.6 Å². The summed E-state index contributed by atoms with van der Waals surface area (Å²) in [5, 5.41) is 6.17. The van der Waals surface area contributed by atoms with Crippen LogP contribution in [0.3, 0.4) is 0 Å². The van der Waals surface area contributed by atoms with Gasteiger partial charge >= 0.3 is 0 Å². The van der Waals surface area contributed by atoms with Crippen LogP contribution >= 0.6 is 0 Å². The Morgan fingerprint density at radius 2 is 2.16 bits per heavy atom. The molecule has 1 atom stereocenters. The SMILES string of the molecule is CC(NCc1cccc(F)c1)C(=O)NC1CCCC1. The lowest BCUT2D eigenvalue weighted by atomic mass is 10.2. The fourth-order valence-electron chi connectivity index (χ4n) is 2.41. The first kappa shape index (κ1) is 14.0. The summed E-state index contributed by atoms with van der Waals surface area (Å²) < 4.78 is 13.0. The molecule has 0 spiro atoms. The van der Waals surface area contributed by atoms with Crippen molar-refractivity contribution in [3.05, 3.63) is 35.6 Å². The second-order valence-electron chi connectivity index (χ2n) is 5.22. The minimum Gasteiger partial charge on any atom is -0.352 e. The lowest BCUT2D eigenvalue weighted by molar-refractivity contribution is -0.123. The molecule has 0 heterocycles. The van der Waals surface area contributed by atoms with Crippen LogP contribution in [0.2, 0.25) is 0 Å². The van der Waals surface area contributed by atoms with Crippen molar-refractivity contribution in [2.24, 2.45) is 0 Å². The van der Waals surface area contributed by atoms with Gasteiger partial charge in [-0.05, 0) is 37.5 Å². The van der Waals surface area contributed by atoms with Crippen molar-refractivity contribution in [1.29, 1.82) is 0 Å². The molecule has 0 aliphatic heterocycles. The van der Waals surface area contributed by atoms with Gasteiger partial charge in [-0.15, -0.1) is 0 Å². The third-order valence-electron chi connectivity index (χ3n) is 3.60. The highest BCUT2D eigenvalue weighted by Crippen LogP contribution is 2.17. The minimum absolute atomic E-state index is 0.0308. The van der Waals surface area contributed by atoms with Crippen molar-refractivity contribution in [2.75, 3.05) is 0 Å². The highest BCUT2D eigenvalue weighted by atomic mass is 19.1. The molecule has 1 saturated carbocycles. The molecule has 0 saturated heterocycles. The molecule has 1 unspecified atom stereocenters. The molecule has 0 aromatic heterocycles. The second-order valence-corrected chi connectivity index (χ2v) is 5.22. The van der Waals surface area contributed by atoms with Gasteiger partial charge in [0.1, 0.15) is 5.82 Å². The first-order valence-corrected chi connectivity index (χ1v) is 6.93. The van der Waals surface area contributed by atoms with Crippen LogP contribution in [-0.4, -0.2) is 18.0 Å². The van der Waals surface area contributed by atoms with Gasteiger partial charge in [-0.1, -0.05) is 25.0 Å². The van der Waals surface area contributed by atoms with Crippen LogP contribution in [0.25, 0.3) is 0 Å². The maximum atomic E-state index is 13.0. The lowest BCUT2D eigenvalue weighted by Crippen LogP contribution is -2.45. The van der Waals surface area contributed by atoms with E-state index in [2.05, 4.69) is 10.6 Å². The number of hydrogen-bond donors (Lipinski definition) is 2. The van der Waals surface area contributed by atoms with Gasteiger partial charge in [0.25, 0.3) is 0 Å². The Kier molecular flexibility index (Phi) is 4.91. The van der Waals surface area contributed by atoms with Gasteiger partial charge < -0.3 is 10.6 Å². The number of carbonyl (C=O) groups excluding carboxylic acids is 1. The van der Waals surface area contributed by atoms with Crippen molar-refractivity contribution in [3.63, 3.8) is 0 Å². The van der Waals surface area contributed by atoms with Gasteiger partial charge in [0.15, 0.2) is 0 Å². The number of carbonyl (C=O) groups is 1. The Bertz CT molecular complexity index is 430. The van der Waals surface area contributed by atoms with Gasteiger partial charge in [-0.3, -0.25) is 4.79 Å². The normalized spacial score (nSPS) is 17.4. The van der Waals surface area contributed by atoms with Crippen LogP contribution in [0.15, 0.2) is 24.3 Å². The zero-order chi connectivity index (χ0) is 13.7. The molecule has 3 nitrogen and oxygen atoms in total. The number of amides is 1. The number of halogens is 1. The lowest BCUT2D eigenvalue weighted by Gasteiger charge is -2.17. The Balaban J connectivity index is 1.76. The molecule has 2 rings (SSSR count). The Morgan fingerprint density at radius 3 is 2.84 bits per heavy atom. The molecule has 19 heavy (non-hydrogen) atoms. The molecule has 1 aromatic carbocycles. The van der Waals surface area contributed by atoms with E-state index in [0.29, 0.717) is 12.6 Å². The third-order valence-corrected chi connectivity index (χ3v) is 3.60. The number of hydrogen-bond acceptors (Lipinski definition) is 2. The van der Waals surface area contributed by atoms with E-state index in [-0.39, 0.29) is 17.8 Å². The summed E-state index contributed by atoms with van der Waals surface area (Å²) in [6.45, 7) is 2.33. The van der Waals surface area contributed by atoms with Gasteiger partial charge in [0.05, 0.1) is 6.04 Å². The summed E-state index contributed by atoms with van der Waals surface area (Å²) in [5.41, 5.74) is 0.848. The predicted molar refractivity (Wildman–Crippen MR) is 73.1 cm³/mol. The summed E-state index contributed by atoms with van der Waals surface area (Å²) in [6.07, 6.45) is 4.58. The monoisotopic (exact) mass is 264 g/mol. The first-order valence-electron chi connectivity index (χ1n) is 6.93. The number of nitrogens with one attached hydrogen (secondary N) is 2. The van der Waals surface area contributed by atoms with Crippen LogP contribution < -0.4 is 10.6 Å². The quantitative estimate of drug-likeness (QED) is 0.857. The third kappa shape index (κ3) is 4.31. The Hall–Kier alpha value is -1.42. The van der Waals surface area contributed by atoms with E-state index in [1.807, 2.05) is 13.0 Å². The predicted octanol–water partition coefficient (Wildman–Crippen LogP) is 2.36. The van der Waals surface area contributed by atoms with Gasteiger partial charge in [-0.25, -0.2) is 4.39 Å². The van der Waals surface area contributed by atoms with E-state index in [9.17, 15) is 9.18 Å². The molecule has 1 aromatic rings. The summed E-state index contributed by atoms with van der Waals surface area (Å²) in [6, 6.07) is 6.50. The van der Waals surface area contributed by atoms with Crippen molar-refractivity contribution in [1.82, 2.24) is 10.6 Å². The van der Waals surface area contributed by atoms with Crippen LogP contribution in [0.5, 0.6) is 0 Å². The summed E-state index contributed by atoms with van der Waals surface area (Å²) >= 11 is 0. The van der Waals surface area contributed by atoms with Gasteiger partial charge in [-0.2, -0.15) is 0 Å². The zero-order valence-electron chi connectivity index (χ0n) is 11.3. The minimum atomic E-state index is -0.260. The molecule has 1 amide bonds. The molecule has 0 bridgehead atoms. The summed E-state index contributed by atoms with van der Waals surface area (Å²) in [5.74, 6) is -0.217. The van der Waals surface area contributed by atoms with E-state index in [4.69, 9.17) is 0 Å². The molecule has 2 N–H and O–H groups in total. The van der Waals surface area contributed by atoms with Gasteiger partial charge in [0.2, 0.25) is 5.91 Å². The van der Waals surface area contributed by atoms with E-state index < -0.39 is 0 Å². The van der Waals surface area contributed by atoms with Crippen molar-refractivity contribution >= 4 is 5.91 Å². The van der Waals surface area contributed by atoms with E-state index in [0.717, 1.165) is 18.4 Å². The van der Waals surface area contributed by atoms with Crippen molar-refractivity contribution in [2.45, 2.75) is 51.2 Å². The smallest absolute Gasteiger partial charge is 0.237 e. The molecular formula is C15H21FN2O. The topological polar surface area (TPSA) is 41.1 Å². The van der Waals surface area contributed by atoms with Crippen LogP contribution in [0, 0.1) is 5.82 Å². The molecule has 104 valence electrons. The van der Waals surface area contributed by atoms with Crippen molar-refractivity contribution < 1.29 is 9.18 Å². The van der Waals surface area contributed by atoms with Crippen LogP contribution in [-0.2, 0) is 11.3 Å². The van der Waals surface area contributed by atoms with Crippen molar-refractivity contribution in [3.8, 4) is 0 Å². The Labute approximate surface area is 113 Å². The second kappa shape index (κ2) is 6.66. The molecular weight excluding hydrogens is 243 g/mol. The summed E-state index contributed by atoms with van der Waals surface area (Å²) in [4.78, 5) is 11.9. The molecule has 1 aliphatic carbocycles. The van der Waals surface area contributed by atoms with Crippen LogP contribution in [0.4, 0.5) is 4.39 Å². The Morgan fingerprint density at radius 1 is 1.42 bits per heavy atom. The maximum Gasteiger partial charge on any atom is 0.237 e. The average molecular weight is 264 g/mol. The number of rotatable bonds is 5. The average Bonchev–Trinajstić information content (AvgIpc) is 2.89. The molecule has 4 heteroatoms.